The Labute approximate surface area is 136 Å². The zero-order chi connectivity index (χ0) is 17.4. The van der Waals surface area contributed by atoms with Crippen LogP contribution in [0.25, 0.3) is 0 Å². The molecule has 0 spiro atoms. The molecule has 6 amide bonds. The van der Waals surface area contributed by atoms with Crippen molar-refractivity contribution in [1.29, 1.82) is 0 Å². The lowest BCUT2D eigenvalue weighted by atomic mass is 10.1. The van der Waals surface area contributed by atoms with E-state index in [1.165, 1.54) is 18.2 Å². The van der Waals surface area contributed by atoms with Crippen LogP contribution in [0.1, 0.15) is 20.7 Å². The van der Waals surface area contributed by atoms with Gasteiger partial charge in [0.1, 0.15) is 0 Å². The van der Waals surface area contributed by atoms with E-state index in [1.807, 2.05) is 0 Å². The number of carbonyl (C=O) groups excluding carboxylic acids is 5. The first-order valence-electron chi connectivity index (χ1n) is 7.20. The van der Waals surface area contributed by atoms with Crippen LogP contribution in [0, 0.1) is 0 Å². The van der Waals surface area contributed by atoms with Gasteiger partial charge in [0.15, 0.2) is 0 Å². The third-order valence-electron chi connectivity index (χ3n) is 3.87. The number of urea groups is 1. The van der Waals surface area contributed by atoms with E-state index in [0.717, 1.165) is 14.7 Å². The van der Waals surface area contributed by atoms with E-state index in [-0.39, 0.29) is 30.8 Å². The third kappa shape index (κ3) is 2.19. The fourth-order valence-corrected chi connectivity index (χ4v) is 2.68. The van der Waals surface area contributed by atoms with Crippen LogP contribution in [0.2, 0.25) is 0 Å². The molecule has 0 atom stereocenters. The van der Waals surface area contributed by atoms with Gasteiger partial charge in [-0.25, -0.2) is 4.79 Å². The highest BCUT2D eigenvalue weighted by Crippen LogP contribution is 2.22. The molecule has 0 bridgehead atoms. The summed E-state index contributed by atoms with van der Waals surface area (Å²) in [6.45, 7) is 2.94. The number of imide groups is 3. The highest BCUT2D eigenvalue weighted by atomic mass is 16.2. The number of fused-ring (bicyclic) bond motifs is 1. The zero-order valence-corrected chi connectivity index (χ0v) is 12.6. The summed E-state index contributed by atoms with van der Waals surface area (Å²) in [5.41, 5.74) is 0.567. The van der Waals surface area contributed by atoms with Gasteiger partial charge < -0.3 is 0 Å². The highest BCUT2D eigenvalue weighted by molar-refractivity contribution is 6.44. The van der Waals surface area contributed by atoms with E-state index in [0.29, 0.717) is 0 Å². The zero-order valence-electron chi connectivity index (χ0n) is 12.6. The minimum atomic E-state index is -0.974. The number of amides is 6. The molecule has 8 heteroatoms. The van der Waals surface area contributed by atoms with Gasteiger partial charge in [-0.05, 0) is 12.1 Å². The number of nitrogens with zero attached hydrogens (tertiary/aromatic N) is 3. The molecule has 1 saturated heterocycles. The Morgan fingerprint density at radius 3 is 1.79 bits per heavy atom. The Kier molecular flexibility index (Phi) is 3.72. The van der Waals surface area contributed by atoms with Gasteiger partial charge in [0.2, 0.25) is 0 Å². The Morgan fingerprint density at radius 1 is 0.750 bits per heavy atom. The van der Waals surface area contributed by atoms with Crippen molar-refractivity contribution in [3.63, 3.8) is 0 Å². The molecule has 0 aromatic heterocycles. The molecule has 2 heterocycles. The van der Waals surface area contributed by atoms with Gasteiger partial charge >= 0.3 is 17.8 Å². The summed E-state index contributed by atoms with van der Waals surface area (Å²) in [7, 11) is 0. The van der Waals surface area contributed by atoms with Crippen LogP contribution >= 0.6 is 0 Å². The number of benzene rings is 1. The summed E-state index contributed by atoms with van der Waals surface area (Å²) in [5, 5.41) is 0. The number of hydrogen-bond acceptors (Lipinski definition) is 5. The van der Waals surface area contributed by atoms with Gasteiger partial charge in [-0.3, -0.25) is 33.9 Å². The van der Waals surface area contributed by atoms with Crippen LogP contribution in [-0.4, -0.2) is 64.0 Å². The highest BCUT2D eigenvalue weighted by Gasteiger charge is 2.44. The van der Waals surface area contributed by atoms with Gasteiger partial charge in [0.05, 0.1) is 11.1 Å². The standard InChI is InChI=1S/C16H13N3O5/c1-2-7-18-14(22)15(23)19(16(18)24)9-8-17-12(20)10-5-3-4-6-11(10)13(17)21/h2-6H,1,7-9H2. The van der Waals surface area contributed by atoms with Gasteiger partial charge in [0, 0.05) is 19.6 Å². The second-order valence-corrected chi connectivity index (χ2v) is 5.25. The van der Waals surface area contributed by atoms with E-state index < -0.39 is 29.7 Å². The predicted octanol–water partition coefficient (Wildman–Crippen LogP) is 0.259. The lowest BCUT2D eigenvalue weighted by Crippen LogP contribution is -2.41. The molecular formula is C16H13N3O5. The van der Waals surface area contributed by atoms with Crippen molar-refractivity contribution < 1.29 is 24.0 Å². The molecule has 2 aliphatic rings. The van der Waals surface area contributed by atoms with Crippen molar-refractivity contribution in [2.75, 3.05) is 19.6 Å². The van der Waals surface area contributed by atoms with E-state index in [4.69, 9.17) is 0 Å². The topological polar surface area (TPSA) is 95.1 Å². The number of carbonyl (C=O) groups is 5. The van der Waals surface area contributed by atoms with Crippen molar-refractivity contribution in [1.82, 2.24) is 14.7 Å². The Hall–Kier alpha value is -3.29. The molecule has 1 fully saturated rings. The molecule has 3 rings (SSSR count). The normalized spacial score (nSPS) is 17.2. The van der Waals surface area contributed by atoms with Crippen LogP contribution in [0.5, 0.6) is 0 Å². The molecular weight excluding hydrogens is 314 g/mol. The number of rotatable bonds is 5. The average Bonchev–Trinajstić information content (AvgIpc) is 2.94. The molecule has 0 N–H and O–H groups in total. The van der Waals surface area contributed by atoms with Crippen LogP contribution in [0.4, 0.5) is 4.79 Å². The minimum Gasteiger partial charge on any atom is -0.273 e. The molecule has 24 heavy (non-hydrogen) atoms. The summed E-state index contributed by atoms with van der Waals surface area (Å²) < 4.78 is 0. The van der Waals surface area contributed by atoms with Crippen LogP contribution < -0.4 is 0 Å². The molecule has 122 valence electrons. The average molecular weight is 327 g/mol. The lowest BCUT2D eigenvalue weighted by molar-refractivity contribution is -0.143. The Morgan fingerprint density at radius 2 is 1.25 bits per heavy atom. The van der Waals surface area contributed by atoms with Crippen LogP contribution in [0.3, 0.4) is 0 Å². The molecule has 0 aliphatic carbocycles. The molecule has 1 aromatic rings. The maximum absolute atomic E-state index is 12.2. The first-order chi connectivity index (χ1) is 11.5. The molecule has 2 aliphatic heterocycles. The monoisotopic (exact) mass is 327 g/mol. The summed E-state index contributed by atoms with van der Waals surface area (Å²) in [5.74, 6) is -2.88. The maximum Gasteiger partial charge on any atom is 0.334 e. The van der Waals surface area contributed by atoms with E-state index in [9.17, 15) is 24.0 Å². The van der Waals surface area contributed by atoms with Crippen LogP contribution in [-0.2, 0) is 9.59 Å². The van der Waals surface area contributed by atoms with Crippen molar-refractivity contribution in [2.45, 2.75) is 0 Å². The number of hydrogen-bond donors (Lipinski definition) is 0. The van der Waals surface area contributed by atoms with Gasteiger partial charge in [0.25, 0.3) is 11.8 Å². The molecule has 0 unspecified atom stereocenters. The van der Waals surface area contributed by atoms with Crippen molar-refractivity contribution in [3.8, 4) is 0 Å². The molecule has 8 nitrogen and oxygen atoms in total. The fraction of sp³-hybridized carbons (Fsp3) is 0.188. The van der Waals surface area contributed by atoms with E-state index >= 15 is 0 Å². The predicted molar refractivity (Wildman–Crippen MR) is 80.8 cm³/mol. The fourth-order valence-electron chi connectivity index (χ4n) is 2.68. The first-order valence-corrected chi connectivity index (χ1v) is 7.20. The van der Waals surface area contributed by atoms with Crippen molar-refractivity contribution in [3.05, 3.63) is 48.0 Å². The largest absolute Gasteiger partial charge is 0.334 e. The van der Waals surface area contributed by atoms with Gasteiger partial charge in [-0.1, -0.05) is 18.2 Å². The molecule has 0 saturated carbocycles. The van der Waals surface area contributed by atoms with Crippen molar-refractivity contribution in [2.24, 2.45) is 0 Å². The molecule has 1 aromatic carbocycles. The Balaban J connectivity index is 1.73. The summed E-state index contributed by atoms with van der Waals surface area (Å²) in [6, 6.07) is 5.59. The van der Waals surface area contributed by atoms with Gasteiger partial charge in [-0.15, -0.1) is 6.58 Å². The van der Waals surface area contributed by atoms with Crippen LogP contribution in [0.15, 0.2) is 36.9 Å². The quantitative estimate of drug-likeness (QED) is 0.335. The van der Waals surface area contributed by atoms with Crippen molar-refractivity contribution >= 4 is 29.7 Å². The smallest absolute Gasteiger partial charge is 0.273 e. The van der Waals surface area contributed by atoms with Gasteiger partial charge in [-0.2, -0.15) is 0 Å². The first kappa shape index (κ1) is 15.6. The second kappa shape index (κ2) is 5.73. The minimum absolute atomic E-state index is 0.0765. The molecule has 0 radical (unpaired) electrons. The summed E-state index contributed by atoms with van der Waals surface area (Å²) >= 11 is 0. The maximum atomic E-state index is 12.2. The summed E-state index contributed by atoms with van der Waals surface area (Å²) in [4.78, 5) is 62.6. The van der Waals surface area contributed by atoms with E-state index in [1.54, 1.807) is 12.1 Å². The third-order valence-corrected chi connectivity index (χ3v) is 3.87. The second-order valence-electron chi connectivity index (χ2n) is 5.25. The SMILES string of the molecule is C=CCN1C(=O)C(=O)N(CCN2C(=O)c3ccccc3C2=O)C1=O. The van der Waals surface area contributed by atoms with E-state index in [2.05, 4.69) is 6.58 Å². The summed E-state index contributed by atoms with van der Waals surface area (Å²) in [6.07, 6.45) is 1.33. The Bertz CT molecular complexity index is 766. The lowest BCUT2D eigenvalue weighted by Gasteiger charge is -2.18.